The molecule has 1 fully saturated rings. The minimum absolute atomic E-state index is 0.809. The summed E-state index contributed by atoms with van der Waals surface area (Å²) in [5.74, 6) is 2.66. The Kier molecular flexibility index (Phi) is 3.26. The average Bonchev–Trinajstić information content (AvgIpc) is 3.25. The van der Waals surface area contributed by atoms with Crippen molar-refractivity contribution < 1.29 is 4.42 Å². The number of hydrogen-bond acceptors (Lipinski definition) is 4. The van der Waals surface area contributed by atoms with Crippen LogP contribution in [0, 0.1) is 6.92 Å². The summed E-state index contributed by atoms with van der Waals surface area (Å²) >= 11 is 0. The summed E-state index contributed by atoms with van der Waals surface area (Å²) in [7, 11) is 0. The van der Waals surface area contributed by atoms with Crippen molar-refractivity contribution in [2.24, 2.45) is 0 Å². The maximum atomic E-state index is 6.01. The van der Waals surface area contributed by atoms with E-state index in [2.05, 4.69) is 33.1 Å². The van der Waals surface area contributed by atoms with Gasteiger partial charge >= 0.3 is 0 Å². The largest absolute Gasteiger partial charge is 0.455 e. The molecule has 1 saturated heterocycles. The fraction of sp³-hybridized carbons (Fsp3) is 0.300. The molecule has 126 valence electrons. The van der Waals surface area contributed by atoms with Crippen LogP contribution in [0.15, 0.2) is 40.8 Å². The molecular weight excluding hydrogens is 312 g/mol. The molecule has 0 atom stereocenters. The van der Waals surface area contributed by atoms with Gasteiger partial charge in [0.2, 0.25) is 0 Å². The van der Waals surface area contributed by atoms with Crippen LogP contribution in [0.1, 0.15) is 25.1 Å². The lowest BCUT2D eigenvalue weighted by atomic mass is 10.1. The van der Waals surface area contributed by atoms with Crippen molar-refractivity contribution in [2.45, 2.75) is 26.2 Å². The normalized spacial score (nSPS) is 15.3. The number of aromatic amines is 1. The van der Waals surface area contributed by atoms with Gasteiger partial charge in [-0.3, -0.25) is 0 Å². The summed E-state index contributed by atoms with van der Waals surface area (Å²) in [6.45, 7) is 4.08. The number of nitrogens with one attached hydrogen (secondary N) is 1. The predicted octanol–water partition coefficient (Wildman–Crippen LogP) is 4.67. The number of nitrogens with zero attached hydrogens (tertiary/aromatic N) is 3. The first-order chi connectivity index (χ1) is 12.3. The Morgan fingerprint density at radius 1 is 1.04 bits per heavy atom. The van der Waals surface area contributed by atoms with Gasteiger partial charge in [0.05, 0.1) is 11.2 Å². The van der Waals surface area contributed by atoms with Gasteiger partial charge in [-0.2, -0.15) is 0 Å². The molecule has 0 bridgehead atoms. The van der Waals surface area contributed by atoms with E-state index < -0.39 is 0 Å². The zero-order chi connectivity index (χ0) is 16.8. The maximum Gasteiger partial charge on any atom is 0.156 e. The molecule has 3 aromatic heterocycles. The Morgan fingerprint density at radius 3 is 2.72 bits per heavy atom. The summed E-state index contributed by atoms with van der Waals surface area (Å²) in [6, 6.07) is 12.2. The highest BCUT2D eigenvalue weighted by Gasteiger charge is 2.19. The summed E-state index contributed by atoms with van der Waals surface area (Å²) in [5, 5.41) is 1.11. The van der Waals surface area contributed by atoms with Crippen molar-refractivity contribution in [1.29, 1.82) is 0 Å². The molecule has 0 aliphatic carbocycles. The molecule has 4 heterocycles. The molecule has 25 heavy (non-hydrogen) atoms. The third-order valence-electron chi connectivity index (χ3n) is 4.92. The number of benzene rings is 1. The SMILES string of the molecule is Cc1nc(N2CCCCC2)c2[nH]c(-c3cc4ccccc4o3)cc2n1. The van der Waals surface area contributed by atoms with Crippen LogP contribution in [-0.2, 0) is 0 Å². The summed E-state index contributed by atoms with van der Waals surface area (Å²) < 4.78 is 6.01. The van der Waals surface area contributed by atoms with Gasteiger partial charge in [-0.25, -0.2) is 9.97 Å². The Morgan fingerprint density at radius 2 is 1.88 bits per heavy atom. The Labute approximate surface area is 145 Å². The van der Waals surface area contributed by atoms with E-state index in [0.29, 0.717) is 0 Å². The topological polar surface area (TPSA) is 58.0 Å². The average molecular weight is 332 g/mol. The molecule has 5 heteroatoms. The van der Waals surface area contributed by atoms with Crippen LogP contribution in [-0.4, -0.2) is 28.0 Å². The molecule has 0 amide bonds. The minimum Gasteiger partial charge on any atom is -0.455 e. The van der Waals surface area contributed by atoms with Gasteiger partial charge in [-0.05, 0) is 44.4 Å². The third kappa shape index (κ3) is 2.47. The van der Waals surface area contributed by atoms with E-state index in [1.165, 1.54) is 19.3 Å². The lowest BCUT2D eigenvalue weighted by Gasteiger charge is -2.28. The molecule has 0 saturated carbocycles. The van der Waals surface area contributed by atoms with Crippen molar-refractivity contribution in [3.63, 3.8) is 0 Å². The number of aromatic nitrogens is 3. The highest BCUT2D eigenvalue weighted by molar-refractivity contribution is 5.91. The van der Waals surface area contributed by atoms with Crippen LogP contribution in [0.4, 0.5) is 5.82 Å². The van der Waals surface area contributed by atoms with E-state index >= 15 is 0 Å². The number of para-hydroxylation sites is 1. The van der Waals surface area contributed by atoms with Crippen LogP contribution in [0.5, 0.6) is 0 Å². The second-order valence-electron chi connectivity index (χ2n) is 6.73. The Balaban J connectivity index is 1.65. The van der Waals surface area contributed by atoms with Crippen molar-refractivity contribution in [1.82, 2.24) is 15.0 Å². The van der Waals surface area contributed by atoms with E-state index in [0.717, 1.165) is 58.2 Å². The van der Waals surface area contributed by atoms with Gasteiger partial charge in [-0.15, -0.1) is 0 Å². The van der Waals surface area contributed by atoms with Crippen molar-refractivity contribution >= 4 is 27.8 Å². The number of anilines is 1. The fourth-order valence-electron chi connectivity index (χ4n) is 3.69. The highest BCUT2D eigenvalue weighted by atomic mass is 16.3. The Hall–Kier alpha value is -2.82. The summed E-state index contributed by atoms with van der Waals surface area (Å²) in [6.07, 6.45) is 3.75. The lowest BCUT2D eigenvalue weighted by molar-refractivity contribution is 0.574. The monoisotopic (exact) mass is 332 g/mol. The van der Waals surface area contributed by atoms with Gasteiger partial charge in [0.15, 0.2) is 11.6 Å². The first-order valence-electron chi connectivity index (χ1n) is 8.89. The molecule has 0 unspecified atom stereocenters. The molecule has 0 radical (unpaired) electrons. The second kappa shape index (κ2) is 5.62. The summed E-state index contributed by atoms with van der Waals surface area (Å²) in [4.78, 5) is 15.2. The van der Waals surface area contributed by atoms with Crippen LogP contribution in [0.3, 0.4) is 0 Å². The first-order valence-corrected chi connectivity index (χ1v) is 8.89. The first kappa shape index (κ1) is 14.5. The molecule has 1 N–H and O–H groups in total. The second-order valence-corrected chi connectivity index (χ2v) is 6.73. The van der Waals surface area contributed by atoms with Crippen LogP contribution < -0.4 is 4.90 Å². The number of hydrogen-bond donors (Lipinski definition) is 1. The zero-order valence-electron chi connectivity index (χ0n) is 14.2. The van der Waals surface area contributed by atoms with Crippen LogP contribution in [0.25, 0.3) is 33.5 Å². The van der Waals surface area contributed by atoms with E-state index in [9.17, 15) is 0 Å². The molecular formula is C20H20N4O. The van der Waals surface area contributed by atoms with Gasteiger partial charge in [0.1, 0.15) is 16.9 Å². The molecule has 0 spiro atoms. The van der Waals surface area contributed by atoms with E-state index in [4.69, 9.17) is 9.40 Å². The van der Waals surface area contributed by atoms with Crippen molar-refractivity contribution in [3.8, 4) is 11.5 Å². The van der Waals surface area contributed by atoms with Crippen molar-refractivity contribution in [3.05, 3.63) is 42.2 Å². The lowest BCUT2D eigenvalue weighted by Crippen LogP contribution is -2.30. The highest BCUT2D eigenvalue weighted by Crippen LogP contribution is 2.32. The van der Waals surface area contributed by atoms with Crippen LogP contribution >= 0.6 is 0 Å². The number of rotatable bonds is 2. The number of furan rings is 1. The Bertz CT molecular complexity index is 1020. The molecule has 1 aliphatic heterocycles. The molecule has 5 rings (SSSR count). The van der Waals surface area contributed by atoms with Gasteiger partial charge < -0.3 is 14.3 Å². The van der Waals surface area contributed by atoms with E-state index in [-0.39, 0.29) is 0 Å². The molecule has 1 aliphatic rings. The van der Waals surface area contributed by atoms with Gasteiger partial charge in [0, 0.05) is 18.5 Å². The third-order valence-corrected chi connectivity index (χ3v) is 4.92. The number of fused-ring (bicyclic) bond motifs is 2. The molecule has 1 aromatic carbocycles. The van der Waals surface area contributed by atoms with Gasteiger partial charge in [-0.1, -0.05) is 18.2 Å². The minimum atomic E-state index is 0.809. The standard InChI is InChI=1S/C20H20N4O/c1-13-21-16-12-15(18-11-14-7-3-4-8-17(14)25-18)23-19(16)20(22-13)24-9-5-2-6-10-24/h3-4,7-8,11-12,23H,2,5-6,9-10H2,1H3. The quantitative estimate of drug-likeness (QED) is 0.579. The van der Waals surface area contributed by atoms with Crippen molar-refractivity contribution in [2.75, 3.05) is 18.0 Å². The molecule has 4 aromatic rings. The fourth-order valence-corrected chi connectivity index (χ4v) is 3.69. The van der Waals surface area contributed by atoms with E-state index in [1.54, 1.807) is 0 Å². The predicted molar refractivity (Wildman–Crippen MR) is 99.9 cm³/mol. The number of H-pyrrole nitrogens is 1. The number of piperidine rings is 1. The van der Waals surface area contributed by atoms with E-state index in [1.807, 2.05) is 25.1 Å². The zero-order valence-corrected chi connectivity index (χ0v) is 14.2. The maximum absolute atomic E-state index is 6.01. The van der Waals surface area contributed by atoms with Crippen LogP contribution in [0.2, 0.25) is 0 Å². The van der Waals surface area contributed by atoms with Gasteiger partial charge in [0.25, 0.3) is 0 Å². The number of aryl methyl sites for hydroxylation is 1. The molecule has 5 nitrogen and oxygen atoms in total. The summed E-state index contributed by atoms with van der Waals surface area (Å²) in [5.41, 5.74) is 3.80. The smallest absolute Gasteiger partial charge is 0.156 e.